The number of nitrogens with zero attached hydrogens (tertiary/aromatic N) is 1. The molecule has 0 aromatic heterocycles. The van der Waals surface area contributed by atoms with Crippen molar-refractivity contribution in [1.29, 1.82) is 0 Å². The Morgan fingerprint density at radius 3 is 2.18 bits per heavy atom. The summed E-state index contributed by atoms with van der Waals surface area (Å²) in [4.78, 5) is 14.8. The van der Waals surface area contributed by atoms with Gasteiger partial charge in [-0.25, -0.2) is 0 Å². The van der Waals surface area contributed by atoms with Crippen LogP contribution in [0.1, 0.15) is 53.9 Å². The Morgan fingerprint density at radius 2 is 1.71 bits per heavy atom. The lowest BCUT2D eigenvalue weighted by Gasteiger charge is -2.53. The van der Waals surface area contributed by atoms with E-state index in [4.69, 9.17) is 0 Å². The minimum atomic E-state index is -0.201. The van der Waals surface area contributed by atoms with Gasteiger partial charge in [0.1, 0.15) is 0 Å². The van der Waals surface area contributed by atoms with Gasteiger partial charge in [0.25, 0.3) is 0 Å². The number of Topliss-reactive ketones (excluding diaryl/α,β-unsaturated/α-hetero) is 1. The van der Waals surface area contributed by atoms with E-state index in [9.17, 15) is 4.79 Å². The Morgan fingerprint density at radius 1 is 1.18 bits per heavy atom. The van der Waals surface area contributed by atoms with Crippen molar-refractivity contribution < 1.29 is 4.79 Å². The fourth-order valence-corrected chi connectivity index (χ4v) is 4.27. The number of piperidine rings is 1. The first-order valence-electron chi connectivity index (χ1n) is 6.79. The van der Waals surface area contributed by atoms with Gasteiger partial charge in [0.15, 0.2) is 5.78 Å². The maximum atomic E-state index is 12.4. The Kier molecular flexibility index (Phi) is 2.91. The molecule has 1 spiro atoms. The van der Waals surface area contributed by atoms with Crippen molar-refractivity contribution in [2.24, 2.45) is 0 Å². The second-order valence-corrected chi connectivity index (χ2v) is 7.03. The average molecular weight is 238 g/mol. The standard InChI is InChI=1S/C14H26N2O/c1-6-16-8-7-11(17)14(16)9-12(2,3)15-13(4,5)10-14/h15H,6-10H2,1-5H3. The fraction of sp³-hybridized carbons (Fsp3) is 0.929. The van der Waals surface area contributed by atoms with Crippen LogP contribution in [-0.2, 0) is 4.79 Å². The van der Waals surface area contributed by atoms with E-state index in [2.05, 4.69) is 44.8 Å². The molecule has 3 heteroatoms. The minimum absolute atomic E-state index is 0.0369. The topological polar surface area (TPSA) is 32.3 Å². The van der Waals surface area contributed by atoms with Gasteiger partial charge in [-0.2, -0.15) is 0 Å². The van der Waals surface area contributed by atoms with Crippen molar-refractivity contribution in [1.82, 2.24) is 10.2 Å². The number of hydrogen-bond acceptors (Lipinski definition) is 3. The lowest BCUT2D eigenvalue weighted by molar-refractivity contribution is -0.130. The number of carbonyl (C=O) groups is 1. The molecule has 0 radical (unpaired) electrons. The van der Waals surface area contributed by atoms with Crippen molar-refractivity contribution in [3.63, 3.8) is 0 Å². The molecule has 2 aliphatic heterocycles. The molecule has 0 saturated carbocycles. The molecule has 2 aliphatic rings. The first-order valence-corrected chi connectivity index (χ1v) is 6.79. The normalized spacial score (nSPS) is 31.0. The molecule has 0 atom stereocenters. The van der Waals surface area contributed by atoms with Crippen molar-refractivity contribution in [3.05, 3.63) is 0 Å². The van der Waals surface area contributed by atoms with E-state index in [1.54, 1.807) is 0 Å². The molecule has 2 rings (SSSR count). The third-order valence-electron chi connectivity index (χ3n) is 4.26. The Hall–Kier alpha value is -0.410. The lowest BCUT2D eigenvalue weighted by Crippen LogP contribution is -2.68. The molecular formula is C14H26N2O. The highest BCUT2D eigenvalue weighted by atomic mass is 16.1. The number of carbonyl (C=O) groups excluding carboxylic acids is 1. The second-order valence-electron chi connectivity index (χ2n) is 7.03. The number of likely N-dealkylation sites (tertiary alicyclic amines) is 1. The molecule has 0 aromatic rings. The van der Waals surface area contributed by atoms with Gasteiger partial charge in [-0.1, -0.05) is 6.92 Å². The summed E-state index contributed by atoms with van der Waals surface area (Å²) in [5.74, 6) is 0.460. The first kappa shape index (κ1) is 13.0. The quantitative estimate of drug-likeness (QED) is 0.758. The maximum absolute atomic E-state index is 12.4. The zero-order chi connectivity index (χ0) is 12.9. The van der Waals surface area contributed by atoms with Crippen molar-refractivity contribution >= 4 is 5.78 Å². The van der Waals surface area contributed by atoms with E-state index in [1.807, 2.05) is 0 Å². The van der Waals surface area contributed by atoms with Gasteiger partial charge in [-0.15, -0.1) is 0 Å². The molecule has 0 aromatic carbocycles. The summed E-state index contributed by atoms with van der Waals surface area (Å²) >= 11 is 0. The summed E-state index contributed by atoms with van der Waals surface area (Å²) in [7, 11) is 0. The van der Waals surface area contributed by atoms with Gasteiger partial charge in [0.05, 0.1) is 5.54 Å². The van der Waals surface area contributed by atoms with Gasteiger partial charge in [-0.05, 0) is 47.1 Å². The molecule has 0 aliphatic carbocycles. The van der Waals surface area contributed by atoms with Crippen LogP contribution in [0.3, 0.4) is 0 Å². The van der Waals surface area contributed by atoms with Crippen molar-refractivity contribution in [2.75, 3.05) is 13.1 Å². The molecule has 0 bridgehead atoms. The molecule has 2 fully saturated rings. The monoisotopic (exact) mass is 238 g/mol. The van der Waals surface area contributed by atoms with Crippen LogP contribution in [0.5, 0.6) is 0 Å². The average Bonchev–Trinajstić information content (AvgIpc) is 2.38. The fourth-order valence-electron chi connectivity index (χ4n) is 4.27. The molecule has 0 amide bonds. The van der Waals surface area contributed by atoms with E-state index < -0.39 is 0 Å². The third-order valence-corrected chi connectivity index (χ3v) is 4.26. The number of hydrogen-bond donors (Lipinski definition) is 1. The van der Waals surface area contributed by atoms with E-state index in [0.717, 1.165) is 32.4 Å². The lowest BCUT2D eigenvalue weighted by atomic mass is 9.69. The van der Waals surface area contributed by atoms with Gasteiger partial charge < -0.3 is 5.32 Å². The van der Waals surface area contributed by atoms with Crippen molar-refractivity contribution in [3.8, 4) is 0 Å². The van der Waals surface area contributed by atoms with Crippen LogP contribution in [0, 0.1) is 0 Å². The highest BCUT2D eigenvalue weighted by Gasteiger charge is 2.56. The van der Waals surface area contributed by atoms with E-state index >= 15 is 0 Å². The Bertz CT molecular complexity index is 317. The maximum Gasteiger partial charge on any atom is 0.154 e. The van der Waals surface area contributed by atoms with Crippen LogP contribution in [0.4, 0.5) is 0 Å². The third kappa shape index (κ3) is 2.15. The number of nitrogens with one attached hydrogen (secondary N) is 1. The zero-order valence-electron chi connectivity index (χ0n) is 11.9. The predicted molar refractivity (Wildman–Crippen MR) is 70.1 cm³/mol. The number of ketones is 1. The largest absolute Gasteiger partial charge is 0.307 e. The van der Waals surface area contributed by atoms with Crippen LogP contribution < -0.4 is 5.32 Å². The van der Waals surface area contributed by atoms with Crippen LogP contribution in [0.2, 0.25) is 0 Å². The molecule has 1 N–H and O–H groups in total. The molecule has 2 heterocycles. The van der Waals surface area contributed by atoms with Crippen LogP contribution >= 0.6 is 0 Å². The van der Waals surface area contributed by atoms with Gasteiger partial charge in [0.2, 0.25) is 0 Å². The molecule has 98 valence electrons. The summed E-state index contributed by atoms with van der Waals surface area (Å²) < 4.78 is 0. The van der Waals surface area contributed by atoms with Crippen molar-refractivity contribution in [2.45, 2.75) is 70.5 Å². The molecule has 2 saturated heterocycles. The van der Waals surface area contributed by atoms with E-state index in [1.165, 1.54) is 0 Å². The molecule has 0 unspecified atom stereocenters. The summed E-state index contributed by atoms with van der Waals surface area (Å²) in [6.45, 7) is 13.0. The van der Waals surface area contributed by atoms with E-state index in [-0.39, 0.29) is 16.6 Å². The Balaban J connectivity index is 2.38. The van der Waals surface area contributed by atoms with Crippen LogP contribution in [-0.4, -0.2) is 40.4 Å². The summed E-state index contributed by atoms with van der Waals surface area (Å²) in [5, 5.41) is 3.67. The molecule has 17 heavy (non-hydrogen) atoms. The van der Waals surface area contributed by atoms with Crippen LogP contribution in [0.15, 0.2) is 0 Å². The predicted octanol–water partition coefficient (Wildman–Crippen LogP) is 1.96. The highest BCUT2D eigenvalue weighted by Crippen LogP contribution is 2.43. The smallest absolute Gasteiger partial charge is 0.154 e. The van der Waals surface area contributed by atoms with Gasteiger partial charge >= 0.3 is 0 Å². The van der Waals surface area contributed by atoms with E-state index in [0.29, 0.717) is 5.78 Å². The SMILES string of the molecule is CCN1CCC(=O)C12CC(C)(C)NC(C)(C)C2. The summed E-state index contributed by atoms with van der Waals surface area (Å²) in [6, 6.07) is 0. The summed E-state index contributed by atoms with van der Waals surface area (Å²) in [5.41, 5.74) is -0.128. The highest BCUT2D eigenvalue weighted by molar-refractivity contribution is 5.91. The summed E-state index contributed by atoms with van der Waals surface area (Å²) in [6.07, 6.45) is 2.62. The number of rotatable bonds is 1. The first-order chi connectivity index (χ1) is 7.71. The Labute approximate surface area is 105 Å². The minimum Gasteiger partial charge on any atom is -0.307 e. The number of likely N-dealkylation sites (N-methyl/N-ethyl adjacent to an activating group) is 1. The van der Waals surface area contributed by atoms with Gasteiger partial charge in [0, 0.05) is 24.0 Å². The molecular weight excluding hydrogens is 212 g/mol. The van der Waals surface area contributed by atoms with Crippen LogP contribution in [0.25, 0.3) is 0 Å². The molecule has 3 nitrogen and oxygen atoms in total. The second kappa shape index (κ2) is 3.79. The zero-order valence-corrected chi connectivity index (χ0v) is 11.9. The van der Waals surface area contributed by atoms with Gasteiger partial charge in [-0.3, -0.25) is 9.69 Å².